The quantitative estimate of drug-likeness (QED) is 0.848. The number of aliphatic hydroxyl groups is 1. The number of carbonyl (C=O) groups is 1. The van der Waals surface area contributed by atoms with Crippen molar-refractivity contribution in [1.29, 1.82) is 0 Å². The highest BCUT2D eigenvalue weighted by molar-refractivity contribution is 5.69. The predicted molar refractivity (Wildman–Crippen MR) is 103 cm³/mol. The summed E-state index contributed by atoms with van der Waals surface area (Å²) < 4.78 is 23.4. The number of ether oxygens (including phenoxy) is 4. The van der Waals surface area contributed by atoms with E-state index in [4.69, 9.17) is 18.9 Å². The Morgan fingerprint density at radius 3 is 2.50 bits per heavy atom. The van der Waals surface area contributed by atoms with Crippen molar-refractivity contribution in [2.45, 2.75) is 77.0 Å². The first kappa shape index (κ1) is 21.0. The number of fused-ring (bicyclic) bond motifs is 1. The lowest BCUT2D eigenvalue weighted by Crippen LogP contribution is -2.63. The summed E-state index contributed by atoms with van der Waals surface area (Å²) in [5, 5.41) is 10.6. The van der Waals surface area contributed by atoms with Gasteiger partial charge in [-0.05, 0) is 40.2 Å². The van der Waals surface area contributed by atoms with Gasteiger partial charge in [-0.3, -0.25) is 4.90 Å². The lowest BCUT2D eigenvalue weighted by atomic mass is 9.94. The first-order valence-corrected chi connectivity index (χ1v) is 9.71. The van der Waals surface area contributed by atoms with Crippen molar-refractivity contribution < 1.29 is 28.8 Å². The Morgan fingerprint density at radius 1 is 1.21 bits per heavy atom. The third kappa shape index (κ3) is 5.03. The van der Waals surface area contributed by atoms with Gasteiger partial charge in [-0.2, -0.15) is 0 Å². The molecule has 3 rings (SSSR count). The zero-order chi connectivity index (χ0) is 20.5. The number of β-amino-alcohol motifs (C(OH)–C–C–N with tert-alkyl or cyclic N) is 1. The molecule has 1 aromatic rings. The zero-order valence-corrected chi connectivity index (χ0v) is 17.3. The fourth-order valence-electron chi connectivity index (χ4n) is 3.62. The minimum atomic E-state index is -0.857. The summed E-state index contributed by atoms with van der Waals surface area (Å²) in [6, 6.07) is 9.40. The largest absolute Gasteiger partial charge is 0.444 e. The van der Waals surface area contributed by atoms with Crippen LogP contribution in [0.4, 0.5) is 4.79 Å². The molecule has 0 unspecified atom stereocenters. The lowest BCUT2D eigenvalue weighted by molar-refractivity contribution is -0.154. The maximum absolute atomic E-state index is 12.8. The first-order valence-electron chi connectivity index (χ1n) is 9.71. The fourth-order valence-corrected chi connectivity index (χ4v) is 3.62. The van der Waals surface area contributed by atoms with Crippen LogP contribution >= 0.6 is 0 Å². The Balaban J connectivity index is 1.75. The second kappa shape index (κ2) is 7.99. The SMILES string of the molecule is CC(C)(C)OC(=O)N1C[C@@H](O)[C@H]2OC(C)(C)O[C@H]2[C@H]1COCc1ccccc1. The number of rotatable bonds is 4. The van der Waals surface area contributed by atoms with Crippen molar-refractivity contribution in [2.75, 3.05) is 13.2 Å². The lowest BCUT2D eigenvalue weighted by Gasteiger charge is -2.43. The van der Waals surface area contributed by atoms with Gasteiger partial charge in [0.1, 0.15) is 23.9 Å². The summed E-state index contributed by atoms with van der Waals surface area (Å²) in [5.41, 5.74) is 0.406. The predicted octanol–water partition coefficient (Wildman–Crippen LogP) is 2.70. The summed E-state index contributed by atoms with van der Waals surface area (Å²) in [6.45, 7) is 9.82. The van der Waals surface area contributed by atoms with Gasteiger partial charge in [0.2, 0.25) is 0 Å². The molecule has 2 fully saturated rings. The summed E-state index contributed by atoms with van der Waals surface area (Å²) in [4.78, 5) is 14.3. The maximum atomic E-state index is 12.8. The Kier molecular flexibility index (Phi) is 6.00. The molecule has 2 saturated heterocycles. The van der Waals surface area contributed by atoms with Gasteiger partial charge in [0.25, 0.3) is 0 Å². The molecule has 0 aromatic heterocycles. The first-order chi connectivity index (χ1) is 13.1. The third-order valence-corrected chi connectivity index (χ3v) is 4.73. The Bertz CT molecular complexity index is 671. The summed E-state index contributed by atoms with van der Waals surface area (Å²) in [5.74, 6) is -0.835. The number of likely N-dealkylation sites (tertiary alicyclic amines) is 1. The minimum absolute atomic E-state index is 0.106. The van der Waals surface area contributed by atoms with E-state index < -0.39 is 41.8 Å². The minimum Gasteiger partial charge on any atom is -0.444 e. The highest BCUT2D eigenvalue weighted by atomic mass is 16.8. The number of hydrogen-bond acceptors (Lipinski definition) is 6. The number of carbonyl (C=O) groups excluding carboxylic acids is 1. The Hall–Kier alpha value is -1.67. The molecule has 1 aromatic carbocycles. The van der Waals surface area contributed by atoms with E-state index in [9.17, 15) is 9.90 Å². The number of piperidine rings is 1. The molecular formula is C21H31NO6. The van der Waals surface area contributed by atoms with Crippen LogP contribution in [-0.2, 0) is 25.6 Å². The zero-order valence-electron chi connectivity index (χ0n) is 17.3. The normalized spacial score (nSPS) is 29.4. The Morgan fingerprint density at radius 2 is 1.86 bits per heavy atom. The number of hydrogen-bond donors (Lipinski definition) is 1. The summed E-state index contributed by atoms with van der Waals surface area (Å²) in [7, 11) is 0. The number of benzene rings is 1. The molecular weight excluding hydrogens is 362 g/mol. The average Bonchev–Trinajstić information content (AvgIpc) is 2.92. The van der Waals surface area contributed by atoms with Crippen molar-refractivity contribution in [2.24, 2.45) is 0 Å². The van der Waals surface area contributed by atoms with Crippen LogP contribution in [0.1, 0.15) is 40.2 Å². The second-order valence-electron chi connectivity index (χ2n) is 8.83. The monoisotopic (exact) mass is 393 g/mol. The third-order valence-electron chi connectivity index (χ3n) is 4.73. The highest BCUT2D eigenvalue weighted by Gasteiger charge is 2.54. The standard InChI is InChI=1S/C21H31NO6/c1-20(2,3)28-19(24)22-11-16(23)18-17(26-21(4,5)27-18)15(22)13-25-12-14-9-7-6-8-10-14/h6-10,15-18,23H,11-13H2,1-5H3/t15-,16-,17+,18-/m1/s1. The van der Waals surface area contributed by atoms with Crippen molar-refractivity contribution in [3.05, 3.63) is 35.9 Å². The van der Waals surface area contributed by atoms with Gasteiger partial charge in [0, 0.05) is 0 Å². The van der Waals surface area contributed by atoms with Gasteiger partial charge in [-0.1, -0.05) is 30.3 Å². The van der Waals surface area contributed by atoms with Gasteiger partial charge >= 0.3 is 6.09 Å². The van der Waals surface area contributed by atoms with Crippen LogP contribution < -0.4 is 0 Å². The number of aliphatic hydroxyl groups excluding tert-OH is 1. The molecule has 0 bridgehead atoms. The van der Waals surface area contributed by atoms with Gasteiger partial charge < -0.3 is 24.1 Å². The molecule has 1 N–H and O–H groups in total. The van der Waals surface area contributed by atoms with E-state index in [1.165, 1.54) is 4.90 Å². The van der Waals surface area contributed by atoms with Crippen LogP contribution in [0.5, 0.6) is 0 Å². The smallest absolute Gasteiger partial charge is 0.410 e. The van der Waals surface area contributed by atoms with Crippen LogP contribution in [-0.4, -0.2) is 65.0 Å². The van der Waals surface area contributed by atoms with Crippen LogP contribution in [0.25, 0.3) is 0 Å². The molecule has 156 valence electrons. The van der Waals surface area contributed by atoms with Crippen LogP contribution in [0.2, 0.25) is 0 Å². The van der Waals surface area contributed by atoms with Crippen LogP contribution in [0.3, 0.4) is 0 Å². The van der Waals surface area contributed by atoms with Crippen molar-refractivity contribution in [3.63, 3.8) is 0 Å². The van der Waals surface area contributed by atoms with Gasteiger partial charge in [-0.15, -0.1) is 0 Å². The van der Waals surface area contributed by atoms with Gasteiger partial charge in [0.15, 0.2) is 5.79 Å². The van der Waals surface area contributed by atoms with E-state index in [0.717, 1.165) is 5.56 Å². The molecule has 2 aliphatic rings. The average molecular weight is 393 g/mol. The van der Waals surface area contributed by atoms with E-state index in [-0.39, 0.29) is 13.2 Å². The topological polar surface area (TPSA) is 77.5 Å². The molecule has 0 spiro atoms. The molecule has 0 radical (unpaired) electrons. The summed E-state index contributed by atoms with van der Waals surface area (Å²) >= 11 is 0. The maximum Gasteiger partial charge on any atom is 0.410 e. The molecule has 7 nitrogen and oxygen atoms in total. The van der Waals surface area contributed by atoms with E-state index in [0.29, 0.717) is 6.61 Å². The number of amides is 1. The van der Waals surface area contributed by atoms with E-state index in [1.807, 2.05) is 51.1 Å². The van der Waals surface area contributed by atoms with Gasteiger partial charge in [-0.25, -0.2) is 4.79 Å². The van der Waals surface area contributed by atoms with Gasteiger partial charge in [0.05, 0.1) is 25.8 Å². The number of nitrogens with zero attached hydrogens (tertiary/aromatic N) is 1. The molecule has 2 aliphatic heterocycles. The van der Waals surface area contributed by atoms with Crippen molar-refractivity contribution in [3.8, 4) is 0 Å². The second-order valence-corrected chi connectivity index (χ2v) is 8.83. The molecule has 1 amide bonds. The van der Waals surface area contributed by atoms with Crippen molar-refractivity contribution >= 4 is 6.09 Å². The van der Waals surface area contributed by atoms with Crippen molar-refractivity contribution in [1.82, 2.24) is 4.90 Å². The molecule has 0 saturated carbocycles. The van der Waals surface area contributed by atoms with E-state index >= 15 is 0 Å². The summed E-state index contributed by atoms with van der Waals surface area (Å²) in [6.07, 6.45) is -2.36. The molecule has 28 heavy (non-hydrogen) atoms. The Labute approximate surface area is 166 Å². The van der Waals surface area contributed by atoms with Crippen LogP contribution in [0, 0.1) is 0 Å². The molecule has 2 heterocycles. The molecule has 0 aliphatic carbocycles. The van der Waals surface area contributed by atoms with Crippen LogP contribution in [0.15, 0.2) is 30.3 Å². The van der Waals surface area contributed by atoms with E-state index in [1.54, 1.807) is 13.8 Å². The highest BCUT2D eigenvalue weighted by Crippen LogP contribution is 2.37. The molecule has 7 heteroatoms. The fraction of sp³-hybridized carbons (Fsp3) is 0.667. The van der Waals surface area contributed by atoms with E-state index in [2.05, 4.69) is 0 Å². The molecule has 4 atom stereocenters.